The molecule has 5 rings (SSSR count). The second-order valence-electron chi connectivity index (χ2n) is 8.83. The van der Waals surface area contributed by atoms with Crippen LogP contribution in [0.5, 0.6) is 17.2 Å². The topological polar surface area (TPSA) is 89.6 Å². The van der Waals surface area contributed by atoms with Crippen LogP contribution in [0.1, 0.15) is 25.0 Å². The number of aromatic nitrogens is 1. The van der Waals surface area contributed by atoms with Gasteiger partial charge in [-0.05, 0) is 71.7 Å². The molecule has 1 aromatic heterocycles. The lowest BCUT2D eigenvalue weighted by Crippen LogP contribution is -2.35. The van der Waals surface area contributed by atoms with Crippen LogP contribution in [0.15, 0.2) is 71.2 Å². The highest BCUT2D eigenvalue weighted by atomic mass is 79.9. The molecule has 2 aromatic carbocycles. The Balaban J connectivity index is 1.67. The molecule has 0 saturated carbocycles. The SMILES string of the molecule is CC(C)(O)COc1ccc2c(c1Br)[C@]1(C=C(N)NC1)c1cc(-c3cccnc3)ccc1O2. The molecule has 0 radical (unpaired) electrons. The summed E-state index contributed by atoms with van der Waals surface area (Å²) in [5, 5.41) is 13.4. The van der Waals surface area contributed by atoms with E-state index in [1.54, 1.807) is 20.0 Å². The fourth-order valence-electron chi connectivity index (χ4n) is 4.28. The van der Waals surface area contributed by atoms with E-state index in [-0.39, 0.29) is 6.61 Å². The van der Waals surface area contributed by atoms with Crippen LogP contribution < -0.4 is 20.5 Å². The highest BCUT2D eigenvalue weighted by molar-refractivity contribution is 9.10. The molecule has 3 aromatic rings. The maximum Gasteiger partial charge on any atom is 0.134 e. The third kappa shape index (κ3) is 3.51. The number of nitrogens with zero attached hydrogens (tertiary/aromatic N) is 1. The summed E-state index contributed by atoms with van der Waals surface area (Å²) in [6, 6.07) is 13.9. The number of hydrogen-bond acceptors (Lipinski definition) is 6. The lowest BCUT2D eigenvalue weighted by atomic mass is 9.72. The van der Waals surface area contributed by atoms with Crippen LogP contribution in [-0.2, 0) is 5.41 Å². The van der Waals surface area contributed by atoms with Crippen LogP contribution in [0.25, 0.3) is 11.1 Å². The van der Waals surface area contributed by atoms with Crippen molar-refractivity contribution in [2.45, 2.75) is 24.9 Å². The summed E-state index contributed by atoms with van der Waals surface area (Å²) in [5.74, 6) is 2.78. The van der Waals surface area contributed by atoms with Crippen molar-refractivity contribution < 1.29 is 14.6 Å². The molecule has 164 valence electrons. The summed E-state index contributed by atoms with van der Waals surface area (Å²) in [5.41, 5.74) is 8.76. The molecule has 7 heteroatoms. The third-order valence-electron chi connectivity index (χ3n) is 5.74. The minimum Gasteiger partial charge on any atom is -0.489 e. The number of benzene rings is 2. The summed E-state index contributed by atoms with van der Waals surface area (Å²) < 4.78 is 13.0. The number of nitrogens with two attached hydrogens (primary N) is 1. The minimum absolute atomic E-state index is 0.163. The molecular formula is C25H24BrN3O3. The van der Waals surface area contributed by atoms with Gasteiger partial charge in [0.2, 0.25) is 0 Å². The lowest BCUT2D eigenvalue weighted by molar-refractivity contribution is 0.0281. The smallest absolute Gasteiger partial charge is 0.134 e. The van der Waals surface area contributed by atoms with Gasteiger partial charge >= 0.3 is 0 Å². The quantitative estimate of drug-likeness (QED) is 0.497. The third-order valence-corrected chi connectivity index (χ3v) is 6.53. The zero-order valence-electron chi connectivity index (χ0n) is 17.9. The highest BCUT2D eigenvalue weighted by Crippen LogP contribution is 2.55. The fraction of sp³-hybridized carbons (Fsp3) is 0.240. The van der Waals surface area contributed by atoms with Crippen molar-refractivity contribution in [2.75, 3.05) is 13.2 Å². The molecule has 0 amide bonds. The Kier molecular flexibility index (Phi) is 4.91. The van der Waals surface area contributed by atoms with Gasteiger partial charge in [0.1, 0.15) is 23.9 Å². The number of ether oxygens (including phenoxy) is 2. The van der Waals surface area contributed by atoms with E-state index in [9.17, 15) is 5.11 Å². The molecule has 2 aliphatic rings. The van der Waals surface area contributed by atoms with Crippen molar-refractivity contribution in [1.82, 2.24) is 10.3 Å². The van der Waals surface area contributed by atoms with Gasteiger partial charge in [-0.2, -0.15) is 0 Å². The molecule has 2 aliphatic heterocycles. The van der Waals surface area contributed by atoms with Crippen LogP contribution >= 0.6 is 15.9 Å². The maximum absolute atomic E-state index is 10.1. The van der Waals surface area contributed by atoms with E-state index < -0.39 is 11.0 Å². The number of halogens is 1. The maximum atomic E-state index is 10.1. The summed E-state index contributed by atoms with van der Waals surface area (Å²) in [7, 11) is 0. The molecule has 3 heterocycles. The number of rotatable bonds is 4. The summed E-state index contributed by atoms with van der Waals surface area (Å²) in [6.07, 6.45) is 5.66. The Morgan fingerprint density at radius 3 is 2.72 bits per heavy atom. The van der Waals surface area contributed by atoms with E-state index in [2.05, 4.69) is 32.3 Å². The van der Waals surface area contributed by atoms with Crippen molar-refractivity contribution >= 4 is 15.9 Å². The Hall–Kier alpha value is -3.03. The second-order valence-corrected chi connectivity index (χ2v) is 9.62. The number of pyridine rings is 1. The van der Waals surface area contributed by atoms with Gasteiger partial charge in [-0.25, -0.2) is 0 Å². The van der Waals surface area contributed by atoms with Crippen molar-refractivity contribution in [3.63, 3.8) is 0 Å². The molecule has 0 aliphatic carbocycles. The largest absolute Gasteiger partial charge is 0.489 e. The van der Waals surface area contributed by atoms with Gasteiger partial charge in [-0.3, -0.25) is 4.98 Å². The summed E-state index contributed by atoms with van der Waals surface area (Å²) in [4.78, 5) is 4.26. The first-order chi connectivity index (χ1) is 15.3. The number of hydrogen-bond donors (Lipinski definition) is 3. The van der Waals surface area contributed by atoms with Crippen LogP contribution in [0.3, 0.4) is 0 Å². The van der Waals surface area contributed by atoms with Gasteiger partial charge in [-0.15, -0.1) is 0 Å². The van der Waals surface area contributed by atoms with Crippen molar-refractivity contribution in [3.8, 4) is 28.4 Å². The Morgan fingerprint density at radius 2 is 2.03 bits per heavy atom. The number of aliphatic hydroxyl groups is 1. The Labute approximate surface area is 195 Å². The fourth-order valence-corrected chi connectivity index (χ4v) is 5.08. The van der Waals surface area contributed by atoms with Crippen LogP contribution in [0.2, 0.25) is 0 Å². The molecule has 6 nitrogen and oxygen atoms in total. The first-order valence-corrected chi connectivity index (χ1v) is 11.2. The Bertz CT molecular complexity index is 1220. The molecular weight excluding hydrogens is 470 g/mol. The number of fused-ring (bicyclic) bond motifs is 4. The molecule has 4 N–H and O–H groups in total. The molecule has 0 fully saturated rings. The average molecular weight is 494 g/mol. The van der Waals surface area contributed by atoms with E-state index >= 15 is 0 Å². The zero-order chi connectivity index (χ0) is 22.5. The highest BCUT2D eigenvalue weighted by Gasteiger charge is 2.46. The van der Waals surface area contributed by atoms with Gasteiger partial charge in [0.05, 0.1) is 21.3 Å². The average Bonchev–Trinajstić information content (AvgIpc) is 3.15. The lowest BCUT2D eigenvalue weighted by Gasteiger charge is -2.37. The predicted molar refractivity (Wildman–Crippen MR) is 127 cm³/mol. The van der Waals surface area contributed by atoms with Gasteiger partial charge in [-0.1, -0.05) is 12.1 Å². The minimum atomic E-state index is -0.950. The normalized spacial score (nSPS) is 18.9. The van der Waals surface area contributed by atoms with E-state index in [1.807, 2.05) is 48.7 Å². The second kappa shape index (κ2) is 7.53. The van der Waals surface area contributed by atoms with Crippen molar-refractivity contribution in [2.24, 2.45) is 5.73 Å². The van der Waals surface area contributed by atoms with E-state index in [0.717, 1.165) is 38.2 Å². The predicted octanol–water partition coefficient (Wildman–Crippen LogP) is 4.46. The monoisotopic (exact) mass is 493 g/mol. The van der Waals surface area contributed by atoms with Gasteiger partial charge in [0, 0.05) is 35.6 Å². The van der Waals surface area contributed by atoms with E-state index in [1.165, 1.54) is 0 Å². The molecule has 1 spiro atoms. The summed E-state index contributed by atoms with van der Waals surface area (Å²) in [6.45, 7) is 4.18. The van der Waals surface area contributed by atoms with Gasteiger partial charge in [0.25, 0.3) is 0 Å². The Morgan fingerprint density at radius 1 is 1.22 bits per heavy atom. The number of nitrogens with one attached hydrogen (secondary N) is 1. The van der Waals surface area contributed by atoms with Crippen LogP contribution in [0, 0.1) is 0 Å². The van der Waals surface area contributed by atoms with Crippen LogP contribution in [-0.4, -0.2) is 28.8 Å². The molecule has 0 saturated heterocycles. The van der Waals surface area contributed by atoms with Crippen molar-refractivity contribution in [3.05, 3.63) is 82.4 Å². The van der Waals surface area contributed by atoms with Crippen molar-refractivity contribution in [1.29, 1.82) is 0 Å². The zero-order valence-corrected chi connectivity index (χ0v) is 19.4. The van der Waals surface area contributed by atoms with Gasteiger partial charge in [0.15, 0.2) is 0 Å². The first kappa shape index (κ1) is 20.8. The molecule has 0 bridgehead atoms. The molecule has 32 heavy (non-hydrogen) atoms. The first-order valence-electron chi connectivity index (χ1n) is 10.4. The van der Waals surface area contributed by atoms with E-state index in [0.29, 0.717) is 18.1 Å². The summed E-state index contributed by atoms with van der Waals surface area (Å²) >= 11 is 3.76. The van der Waals surface area contributed by atoms with Crippen LogP contribution in [0.4, 0.5) is 0 Å². The standard InChI is InChI=1S/C25H24BrN3O3/c1-24(2,30)14-31-20-8-7-19-22(23(20)26)25(11-21(27)29-13-25)17-10-15(5-6-18(17)32-19)16-4-3-9-28-12-16/h3-12,29-30H,13-14,27H2,1-2H3/t25-/m0/s1. The molecule has 0 unspecified atom stereocenters. The molecule has 1 atom stereocenters. The van der Waals surface area contributed by atoms with E-state index in [4.69, 9.17) is 15.2 Å². The van der Waals surface area contributed by atoms with Gasteiger partial charge < -0.3 is 25.6 Å².